The summed E-state index contributed by atoms with van der Waals surface area (Å²) >= 11 is 0. The van der Waals surface area contributed by atoms with Crippen LogP contribution in [-0.4, -0.2) is 19.5 Å². The zero-order valence-electron chi connectivity index (χ0n) is 14.5. The van der Waals surface area contributed by atoms with Crippen LogP contribution in [0.5, 0.6) is 5.75 Å². The highest BCUT2D eigenvalue weighted by Gasteiger charge is 2.09. The van der Waals surface area contributed by atoms with Gasteiger partial charge in [-0.25, -0.2) is 8.78 Å². The number of hydrogen-bond acceptors (Lipinski definition) is 3. The van der Waals surface area contributed by atoms with Crippen molar-refractivity contribution in [3.8, 4) is 5.75 Å². The molecule has 25 heavy (non-hydrogen) atoms. The highest BCUT2D eigenvalue weighted by atomic mass is 19.1. The first-order valence-electron chi connectivity index (χ1n) is 8.32. The van der Waals surface area contributed by atoms with Gasteiger partial charge in [0.05, 0.1) is 25.1 Å². The molecule has 0 aliphatic rings. The summed E-state index contributed by atoms with van der Waals surface area (Å²) in [5, 5.41) is 7.57. The molecule has 0 saturated carbocycles. The average molecular weight is 344 g/mol. The lowest BCUT2D eigenvalue weighted by molar-refractivity contribution is 0.415. The molecule has 0 N–H and O–H groups in total. The predicted molar refractivity (Wildman–Crippen MR) is 97.8 cm³/mol. The van der Waals surface area contributed by atoms with Crippen molar-refractivity contribution in [3.05, 3.63) is 64.7 Å². The van der Waals surface area contributed by atoms with Gasteiger partial charge in [-0.15, -0.1) is 0 Å². The van der Waals surface area contributed by atoms with E-state index in [2.05, 4.69) is 17.1 Å². The molecule has 0 atom stereocenters. The Morgan fingerprint density at radius 3 is 2.20 bits per heavy atom. The molecule has 5 heteroatoms. The Balaban J connectivity index is 2.03. The molecule has 0 bridgehead atoms. The number of methoxy groups -OCH3 is 1. The molecular formula is C20H22F2N2O. The number of hydrogen-bond donors (Lipinski definition) is 0. The van der Waals surface area contributed by atoms with Crippen LogP contribution in [0, 0.1) is 11.6 Å². The van der Waals surface area contributed by atoms with Crippen molar-refractivity contribution in [1.29, 1.82) is 0 Å². The molecule has 0 fully saturated rings. The topological polar surface area (TPSA) is 34.0 Å². The molecule has 0 saturated heterocycles. The largest absolute Gasteiger partial charge is 0.497 e. The fraction of sp³-hybridized carbons (Fsp3) is 0.300. The van der Waals surface area contributed by atoms with E-state index in [1.165, 1.54) is 18.3 Å². The van der Waals surface area contributed by atoms with Crippen LogP contribution in [0.15, 0.2) is 46.6 Å². The maximum absolute atomic E-state index is 14.1. The first-order valence-corrected chi connectivity index (χ1v) is 8.32. The molecule has 132 valence electrons. The van der Waals surface area contributed by atoms with Gasteiger partial charge >= 0.3 is 0 Å². The first-order chi connectivity index (χ1) is 12.1. The van der Waals surface area contributed by atoms with Crippen LogP contribution in [0.4, 0.5) is 8.78 Å². The monoisotopic (exact) mass is 344 g/mol. The lowest BCUT2D eigenvalue weighted by atomic mass is 10.0. The Bertz CT molecular complexity index is 717. The molecule has 0 spiro atoms. The van der Waals surface area contributed by atoms with Crippen molar-refractivity contribution < 1.29 is 13.5 Å². The third kappa shape index (κ3) is 5.78. The van der Waals surface area contributed by atoms with Gasteiger partial charge < -0.3 is 4.74 Å². The highest BCUT2D eigenvalue weighted by molar-refractivity contribution is 5.83. The Kier molecular flexibility index (Phi) is 7.26. The Morgan fingerprint density at radius 2 is 1.60 bits per heavy atom. The number of nitrogens with zero attached hydrogens (tertiary/aromatic N) is 2. The van der Waals surface area contributed by atoms with Gasteiger partial charge in [0.2, 0.25) is 0 Å². The second kappa shape index (κ2) is 9.67. The van der Waals surface area contributed by atoms with Crippen LogP contribution in [0.2, 0.25) is 0 Å². The second-order valence-corrected chi connectivity index (χ2v) is 5.69. The van der Waals surface area contributed by atoms with Crippen molar-refractivity contribution in [2.75, 3.05) is 7.11 Å². The molecular weight excluding hydrogens is 322 g/mol. The van der Waals surface area contributed by atoms with E-state index < -0.39 is 11.6 Å². The second-order valence-electron chi connectivity index (χ2n) is 5.69. The van der Waals surface area contributed by atoms with E-state index in [0.717, 1.165) is 36.8 Å². The Morgan fingerprint density at radius 1 is 0.960 bits per heavy atom. The molecule has 0 unspecified atom stereocenters. The molecule has 0 heterocycles. The van der Waals surface area contributed by atoms with Crippen molar-refractivity contribution in [1.82, 2.24) is 0 Å². The van der Waals surface area contributed by atoms with Gasteiger partial charge in [-0.05, 0) is 60.4 Å². The predicted octanol–water partition coefficient (Wildman–Crippen LogP) is 5.16. The molecule has 2 aromatic carbocycles. The molecule has 3 nitrogen and oxygen atoms in total. The van der Waals surface area contributed by atoms with E-state index in [-0.39, 0.29) is 5.56 Å². The third-order valence-electron chi connectivity index (χ3n) is 3.78. The number of halogens is 2. The van der Waals surface area contributed by atoms with Crippen LogP contribution >= 0.6 is 0 Å². The van der Waals surface area contributed by atoms with Gasteiger partial charge in [0, 0.05) is 0 Å². The van der Waals surface area contributed by atoms with Crippen molar-refractivity contribution in [3.63, 3.8) is 0 Å². The molecule has 0 aromatic heterocycles. The number of unbranched alkanes of at least 4 members (excludes halogenated alkanes) is 2. The van der Waals surface area contributed by atoms with Crippen LogP contribution in [0.25, 0.3) is 0 Å². The molecule has 0 aliphatic heterocycles. The highest BCUT2D eigenvalue weighted by Crippen LogP contribution is 2.16. The minimum Gasteiger partial charge on any atom is -0.497 e. The Hall–Kier alpha value is -2.56. The van der Waals surface area contributed by atoms with Gasteiger partial charge in [0.15, 0.2) is 0 Å². The lowest BCUT2D eigenvalue weighted by Gasteiger charge is -2.04. The first kappa shape index (κ1) is 18.8. The van der Waals surface area contributed by atoms with Gasteiger partial charge in [0.1, 0.15) is 17.4 Å². The fourth-order valence-electron chi connectivity index (χ4n) is 2.36. The molecule has 0 aliphatic carbocycles. The van der Waals surface area contributed by atoms with Gasteiger partial charge in [-0.2, -0.15) is 10.2 Å². The standard InChI is InChI=1S/C20H22F2N2O/c1-3-4-5-6-16-11-19(21)18(20(22)12-16)14-24-23-13-15-7-9-17(25-2)10-8-15/h7-14H,3-6H2,1-2H3/b23-13+,24-14+. The molecule has 2 rings (SSSR count). The van der Waals surface area contributed by atoms with E-state index >= 15 is 0 Å². The van der Waals surface area contributed by atoms with E-state index in [0.29, 0.717) is 12.0 Å². The van der Waals surface area contributed by atoms with Crippen LogP contribution < -0.4 is 4.74 Å². The van der Waals surface area contributed by atoms with Crippen LogP contribution in [0.3, 0.4) is 0 Å². The van der Waals surface area contributed by atoms with Crippen LogP contribution in [-0.2, 0) is 6.42 Å². The summed E-state index contributed by atoms with van der Waals surface area (Å²) in [7, 11) is 1.59. The van der Waals surface area contributed by atoms with Crippen molar-refractivity contribution in [2.24, 2.45) is 10.2 Å². The van der Waals surface area contributed by atoms with Gasteiger partial charge in [-0.3, -0.25) is 0 Å². The van der Waals surface area contributed by atoms with E-state index in [1.54, 1.807) is 19.2 Å². The quantitative estimate of drug-likeness (QED) is 0.370. The summed E-state index contributed by atoms with van der Waals surface area (Å²) in [5.41, 5.74) is 1.30. The number of aryl methyl sites for hydroxylation is 1. The summed E-state index contributed by atoms with van der Waals surface area (Å²) in [6.45, 7) is 2.09. The average Bonchev–Trinajstić information content (AvgIpc) is 2.61. The summed E-state index contributed by atoms with van der Waals surface area (Å²) in [5.74, 6) is -0.492. The summed E-state index contributed by atoms with van der Waals surface area (Å²) < 4.78 is 33.2. The van der Waals surface area contributed by atoms with E-state index in [1.807, 2.05) is 12.1 Å². The number of benzene rings is 2. The smallest absolute Gasteiger partial charge is 0.135 e. The number of ether oxygens (including phenoxy) is 1. The third-order valence-corrected chi connectivity index (χ3v) is 3.78. The summed E-state index contributed by atoms with van der Waals surface area (Å²) in [6, 6.07) is 9.94. The van der Waals surface area contributed by atoms with Crippen LogP contribution in [0.1, 0.15) is 42.9 Å². The number of rotatable bonds is 8. The molecule has 0 radical (unpaired) electrons. The van der Waals surface area contributed by atoms with Gasteiger partial charge in [-0.1, -0.05) is 19.8 Å². The van der Waals surface area contributed by atoms with E-state index in [9.17, 15) is 8.78 Å². The summed E-state index contributed by atoms with van der Waals surface area (Å²) in [6.07, 6.45) is 6.32. The minimum atomic E-state index is -0.616. The minimum absolute atomic E-state index is 0.175. The maximum Gasteiger partial charge on any atom is 0.135 e. The van der Waals surface area contributed by atoms with Crippen molar-refractivity contribution >= 4 is 12.4 Å². The molecule has 2 aromatic rings. The fourth-order valence-corrected chi connectivity index (χ4v) is 2.36. The molecule has 0 amide bonds. The summed E-state index contributed by atoms with van der Waals surface area (Å²) in [4.78, 5) is 0. The zero-order valence-corrected chi connectivity index (χ0v) is 14.5. The van der Waals surface area contributed by atoms with E-state index in [4.69, 9.17) is 4.74 Å². The Labute approximate surface area is 147 Å². The maximum atomic E-state index is 14.1. The zero-order chi connectivity index (χ0) is 18.1. The SMILES string of the molecule is CCCCCc1cc(F)c(/C=N/N=C/c2ccc(OC)cc2)c(F)c1. The van der Waals surface area contributed by atoms with Crippen molar-refractivity contribution in [2.45, 2.75) is 32.6 Å². The lowest BCUT2D eigenvalue weighted by Crippen LogP contribution is -1.98. The van der Waals surface area contributed by atoms with Gasteiger partial charge in [0.25, 0.3) is 0 Å². The normalized spacial score (nSPS) is 11.5.